The van der Waals surface area contributed by atoms with Gasteiger partial charge in [0, 0.05) is 0 Å². The number of ether oxygens (including phenoxy) is 4. The second kappa shape index (κ2) is 16.0. The molecule has 1 fully saturated rings. The Morgan fingerprint density at radius 2 is 1.71 bits per heavy atom. The molecule has 0 amide bonds. The van der Waals surface area contributed by atoms with Crippen molar-refractivity contribution in [3.63, 3.8) is 0 Å². The van der Waals surface area contributed by atoms with E-state index in [-0.39, 0.29) is 23.9 Å². The molecule has 0 bridgehead atoms. The number of hydrogen-bond donors (Lipinski definition) is 3. The third-order valence-electron chi connectivity index (χ3n) is 7.66. The highest BCUT2D eigenvalue weighted by atomic mass is 31.2. The first-order valence-corrected chi connectivity index (χ1v) is 17.8. The Hall–Kier alpha value is -4.15. The van der Waals surface area contributed by atoms with Crippen LogP contribution in [0.1, 0.15) is 60.3 Å². The summed E-state index contributed by atoms with van der Waals surface area (Å²) >= 11 is 0. The number of benzene rings is 1. The largest absolute Gasteiger partial charge is 0.461 e. The number of nitrogens with two attached hydrogens (primary N) is 1. The number of hydrogen-bond acceptors (Lipinski definition) is 14. The Morgan fingerprint density at radius 3 is 2.31 bits per heavy atom. The van der Waals surface area contributed by atoms with Crippen molar-refractivity contribution in [3.8, 4) is 5.75 Å². The van der Waals surface area contributed by atoms with E-state index in [1.54, 1.807) is 58.0 Å². The number of halogens is 1. The van der Waals surface area contributed by atoms with Gasteiger partial charge in [-0.05, 0) is 45.0 Å². The van der Waals surface area contributed by atoms with Crippen LogP contribution in [0.2, 0.25) is 0 Å². The highest BCUT2D eigenvalue weighted by Gasteiger charge is 2.62. The van der Waals surface area contributed by atoms with E-state index in [1.165, 1.54) is 43.7 Å². The molecule has 1 aromatic carbocycles. The standard InChI is InChI=1S/C33H45FN5O11P/c1-19(2)29(40)47-26-25(23-13-14-24-28(35)36-18-37-39(23)24)49-33(15-34,27(26)48-30(41)20(3)4)17-46-51(44,50-22-11-9-8-10-12-22)38-21(5)31(42)45-16-32(6,7)43/h8-14,18-21,25-27,43H,15-17H2,1-7H3,(H,38,44)(H2,35,36,37)/t21?,25-,26-,27-,33+,51?/m0/s1. The van der Waals surface area contributed by atoms with Gasteiger partial charge in [-0.2, -0.15) is 10.2 Å². The second-order valence-corrected chi connectivity index (χ2v) is 15.1. The number of nitrogen functional groups attached to an aromatic ring is 1. The summed E-state index contributed by atoms with van der Waals surface area (Å²) in [6, 6.07) is 9.65. The summed E-state index contributed by atoms with van der Waals surface area (Å²) < 4.78 is 66.2. The molecule has 6 atom stereocenters. The van der Waals surface area contributed by atoms with Crippen molar-refractivity contribution >= 4 is 37.0 Å². The molecule has 4 N–H and O–H groups in total. The molecule has 2 unspecified atom stereocenters. The number of nitrogens with one attached hydrogen (secondary N) is 1. The number of esters is 3. The Bertz CT molecular complexity index is 1730. The maximum absolute atomic E-state index is 15.7. The van der Waals surface area contributed by atoms with Crippen LogP contribution in [0, 0.1) is 11.8 Å². The summed E-state index contributed by atoms with van der Waals surface area (Å²) in [5.41, 5.74) is 3.04. The fraction of sp³-hybridized carbons (Fsp3) is 0.545. The molecule has 16 nitrogen and oxygen atoms in total. The minimum Gasteiger partial charge on any atom is -0.461 e. The lowest BCUT2D eigenvalue weighted by atomic mass is 9.95. The van der Waals surface area contributed by atoms with Crippen LogP contribution in [0.4, 0.5) is 10.2 Å². The van der Waals surface area contributed by atoms with E-state index in [2.05, 4.69) is 15.2 Å². The van der Waals surface area contributed by atoms with Crippen molar-refractivity contribution in [2.75, 3.05) is 25.6 Å². The maximum Gasteiger partial charge on any atom is 0.459 e. The second-order valence-electron chi connectivity index (χ2n) is 13.5. The molecule has 0 aliphatic carbocycles. The Morgan fingerprint density at radius 1 is 1.06 bits per heavy atom. The topological polar surface area (TPSA) is 212 Å². The lowest BCUT2D eigenvalue weighted by molar-refractivity contribution is -0.178. The molecule has 51 heavy (non-hydrogen) atoms. The van der Waals surface area contributed by atoms with E-state index in [0.29, 0.717) is 5.52 Å². The molecule has 1 saturated heterocycles. The van der Waals surface area contributed by atoms with Gasteiger partial charge < -0.3 is 34.3 Å². The fourth-order valence-electron chi connectivity index (χ4n) is 4.92. The summed E-state index contributed by atoms with van der Waals surface area (Å²) in [5.74, 6) is -3.54. The molecule has 280 valence electrons. The molecule has 0 spiro atoms. The van der Waals surface area contributed by atoms with Crippen LogP contribution < -0.4 is 15.3 Å². The molecule has 2 aromatic heterocycles. The lowest BCUT2D eigenvalue weighted by Crippen LogP contribution is -2.52. The van der Waals surface area contributed by atoms with Crippen LogP contribution >= 0.6 is 7.75 Å². The maximum atomic E-state index is 15.7. The van der Waals surface area contributed by atoms with E-state index in [9.17, 15) is 24.1 Å². The van der Waals surface area contributed by atoms with Gasteiger partial charge in [0.05, 0.1) is 29.7 Å². The van der Waals surface area contributed by atoms with E-state index in [0.717, 1.165) is 0 Å². The van der Waals surface area contributed by atoms with Crippen LogP contribution in [-0.4, -0.2) is 87.0 Å². The SMILES string of the molecule is CC(C)C(=O)O[C@H]1[C@H](c2ccc3c(N)ncnn23)O[C@](CF)(COP(=O)(NC(C)C(=O)OCC(C)(C)O)Oc2ccccc2)[C@H]1OC(=O)C(C)C. The number of aliphatic hydroxyl groups is 1. The first-order valence-electron chi connectivity index (χ1n) is 16.3. The average Bonchev–Trinajstić information content (AvgIpc) is 3.62. The third kappa shape index (κ3) is 9.60. The number of carbonyl (C=O) groups is 3. The Labute approximate surface area is 294 Å². The lowest BCUT2D eigenvalue weighted by Gasteiger charge is -2.34. The average molecular weight is 738 g/mol. The van der Waals surface area contributed by atoms with Crippen LogP contribution in [0.5, 0.6) is 5.75 Å². The monoisotopic (exact) mass is 737 g/mol. The Kier molecular flexibility index (Phi) is 12.5. The highest BCUT2D eigenvalue weighted by molar-refractivity contribution is 7.52. The van der Waals surface area contributed by atoms with Gasteiger partial charge in [-0.3, -0.25) is 18.9 Å². The quantitative estimate of drug-likeness (QED) is 0.109. The summed E-state index contributed by atoms with van der Waals surface area (Å²) in [7, 11) is -4.64. The predicted octanol–water partition coefficient (Wildman–Crippen LogP) is 3.72. The number of nitrogens with zero attached hydrogens (tertiary/aromatic N) is 3. The van der Waals surface area contributed by atoms with Crippen molar-refractivity contribution in [2.45, 2.75) is 84.0 Å². The summed E-state index contributed by atoms with van der Waals surface area (Å²) in [6.07, 6.45) is -3.26. The fourth-order valence-corrected chi connectivity index (χ4v) is 6.47. The van der Waals surface area contributed by atoms with Crippen molar-refractivity contribution in [3.05, 3.63) is 54.5 Å². The van der Waals surface area contributed by atoms with Gasteiger partial charge in [0.2, 0.25) is 0 Å². The van der Waals surface area contributed by atoms with Gasteiger partial charge in [0.15, 0.2) is 23.6 Å². The zero-order chi connectivity index (χ0) is 37.7. The highest BCUT2D eigenvalue weighted by Crippen LogP contribution is 2.50. The number of para-hydroxylation sites is 1. The van der Waals surface area contributed by atoms with E-state index in [1.807, 2.05) is 0 Å². The third-order valence-corrected chi connectivity index (χ3v) is 9.29. The number of alkyl halides is 1. The molecule has 0 saturated carbocycles. The van der Waals surface area contributed by atoms with Crippen LogP contribution in [-0.2, 0) is 42.4 Å². The smallest absolute Gasteiger partial charge is 0.459 e. The van der Waals surface area contributed by atoms with Crippen molar-refractivity contribution in [1.29, 1.82) is 0 Å². The van der Waals surface area contributed by atoms with Crippen molar-refractivity contribution < 1.29 is 56.4 Å². The number of carbonyl (C=O) groups excluding carboxylic acids is 3. The molecule has 3 aromatic rings. The number of fused-ring (bicyclic) bond motifs is 1. The van der Waals surface area contributed by atoms with Crippen LogP contribution in [0.3, 0.4) is 0 Å². The first-order chi connectivity index (χ1) is 23.9. The van der Waals surface area contributed by atoms with Gasteiger partial charge in [-0.25, -0.2) is 18.5 Å². The van der Waals surface area contributed by atoms with E-state index >= 15 is 4.39 Å². The normalized spacial score (nSPS) is 22.5. The molecule has 18 heteroatoms. The van der Waals surface area contributed by atoms with E-state index < -0.39 is 86.3 Å². The molecule has 1 aliphatic rings. The predicted molar refractivity (Wildman–Crippen MR) is 180 cm³/mol. The number of rotatable bonds is 16. The van der Waals surface area contributed by atoms with Gasteiger partial charge in [0.1, 0.15) is 43.0 Å². The molecular formula is C33H45FN5O11P. The van der Waals surface area contributed by atoms with E-state index in [4.69, 9.17) is 33.7 Å². The number of aromatic nitrogens is 3. The Balaban J connectivity index is 1.77. The van der Waals surface area contributed by atoms with Crippen molar-refractivity contribution in [2.24, 2.45) is 11.8 Å². The summed E-state index contributed by atoms with van der Waals surface area (Å²) in [5, 5.41) is 16.7. The molecule has 3 heterocycles. The minimum absolute atomic E-state index is 0.0633. The molecule has 0 radical (unpaired) electrons. The van der Waals surface area contributed by atoms with Gasteiger partial charge in [-0.15, -0.1) is 0 Å². The molecular weight excluding hydrogens is 692 g/mol. The minimum atomic E-state index is -4.64. The summed E-state index contributed by atoms with van der Waals surface area (Å²) in [6.45, 7) is 7.81. The van der Waals surface area contributed by atoms with Crippen molar-refractivity contribution in [1.82, 2.24) is 19.7 Å². The van der Waals surface area contributed by atoms with Gasteiger partial charge in [-0.1, -0.05) is 45.9 Å². The van der Waals surface area contributed by atoms with Gasteiger partial charge >= 0.3 is 25.7 Å². The zero-order valence-electron chi connectivity index (χ0n) is 29.5. The summed E-state index contributed by atoms with van der Waals surface area (Å²) in [4.78, 5) is 43.0. The molecule has 1 aliphatic heterocycles. The van der Waals surface area contributed by atoms with Crippen LogP contribution in [0.25, 0.3) is 5.52 Å². The molecule has 4 rings (SSSR count). The van der Waals surface area contributed by atoms with Crippen LogP contribution in [0.15, 0.2) is 48.8 Å². The zero-order valence-corrected chi connectivity index (χ0v) is 30.4. The van der Waals surface area contributed by atoms with Gasteiger partial charge in [0.25, 0.3) is 0 Å². The first kappa shape index (κ1) is 39.6. The number of anilines is 1.